The molecule has 2 aromatic rings. The SMILES string of the molecule is Cc1cc(C)c(-c2nc(N)c3c(n2)CCCCC3)cc1C. The first-order valence-corrected chi connectivity index (χ1v) is 7.79. The third-order valence-corrected chi connectivity index (χ3v) is 4.55. The molecule has 110 valence electrons. The second-order valence-electron chi connectivity index (χ2n) is 6.17. The van der Waals surface area contributed by atoms with Crippen molar-refractivity contribution >= 4 is 5.82 Å². The lowest BCUT2D eigenvalue weighted by atomic mass is 10.00. The van der Waals surface area contributed by atoms with E-state index in [0.717, 1.165) is 29.9 Å². The average molecular weight is 281 g/mol. The molecule has 0 spiro atoms. The maximum atomic E-state index is 6.22. The summed E-state index contributed by atoms with van der Waals surface area (Å²) < 4.78 is 0. The molecule has 0 saturated carbocycles. The van der Waals surface area contributed by atoms with Crippen molar-refractivity contribution in [1.82, 2.24) is 9.97 Å². The van der Waals surface area contributed by atoms with Crippen molar-refractivity contribution < 1.29 is 0 Å². The van der Waals surface area contributed by atoms with Gasteiger partial charge in [-0.1, -0.05) is 12.5 Å². The molecule has 0 unspecified atom stereocenters. The third-order valence-electron chi connectivity index (χ3n) is 4.55. The van der Waals surface area contributed by atoms with Gasteiger partial charge in [-0.2, -0.15) is 0 Å². The molecule has 1 aromatic heterocycles. The van der Waals surface area contributed by atoms with E-state index in [2.05, 4.69) is 37.9 Å². The highest BCUT2D eigenvalue weighted by Crippen LogP contribution is 2.29. The van der Waals surface area contributed by atoms with Crippen LogP contribution in [-0.4, -0.2) is 9.97 Å². The Bertz CT molecular complexity index is 689. The van der Waals surface area contributed by atoms with E-state index in [0.29, 0.717) is 5.82 Å². The number of rotatable bonds is 1. The normalized spacial score (nSPS) is 14.6. The summed E-state index contributed by atoms with van der Waals surface area (Å²) in [6.45, 7) is 6.39. The molecule has 0 saturated heterocycles. The van der Waals surface area contributed by atoms with Crippen LogP contribution in [0.25, 0.3) is 11.4 Å². The van der Waals surface area contributed by atoms with E-state index in [9.17, 15) is 0 Å². The number of nitrogens with two attached hydrogens (primary N) is 1. The van der Waals surface area contributed by atoms with Gasteiger partial charge < -0.3 is 5.73 Å². The fourth-order valence-electron chi connectivity index (χ4n) is 3.12. The largest absolute Gasteiger partial charge is 0.383 e. The van der Waals surface area contributed by atoms with Crippen molar-refractivity contribution in [3.05, 3.63) is 40.1 Å². The summed E-state index contributed by atoms with van der Waals surface area (Å²) in [5.41, 5.74) is 13.5. The van der Waals surface area contributed by atoms with Gasteiger partial charge in [-0.15, -0.1) is 0 Å². The maximum absolute atomic E-state index is 6.22. The minimum atomic E-state index is 0.675. The topological polar surface area (TPSA) is 51.8 Å². The Morgan fingerprint density at radius 3 is 2.38 bits per heavy atom. The summed E-state index contributed by atoms with van der Waals surface area (Å²) >= 11 is 0. The zero-order valence-corrected chi connectivity index (χ0v) is 13.2. The van der Waals surface area contributed by atoms with Crippen LogP contribution in [0.3, 0.4) is 0 Å². The summed E-state index contributed by atoms with van der Waals surface area (Å²) in [5, 5.41) is 0. The third kappa shape index (κ3) is 2.65. The zero-order valence-electron chi connectivity index (χ0n) is 13.2. The molecule has 21 heavy (non-hydrogen) atoms. The van der Waals surface area contributed by atoms with Crippen molar-refractivity contribution in [2.45, 2.75) is 52.9 Å². The molecule has 2 N–H and O–H groups in total. The number of aryl methyl sites for hydroxylation is 4. The highest BCUT2D eigenvalue weighted by atomic mass is 15.0. The number of hydrogen-bond acceptors (Lipinski definition) is 3. The van der Waals surface area contributed by atoms with E-state index in [1.54, 1.807) is 0 Å². The molecule has 1 aliphatic carbocycles. The van der Waals surface area contributed by atoms with Crippen molar-refractivity contribution in [1.29, 1.82) is 0 Å². The molecule has 3 rings (SSSR count). The molecule has 0 radical (unpaired) electrons. The minimum absolute atomic E-state index is 0.675. The number of nitrogen functional groups attached to an aromatic ring is 1. The Balaban J connectivity index is 2.14. The fourth-order valence-corrected chi connectivity index (χ4v) is 3.12. The van der Waals surface area contributed by atoms with Gasteiger partial charge in [0.15, 0.2) is 5.82 Å². The Morgan fingerprint density at radius 2 is 1.57 bits per heavy atom. The summed E-state index contributed by atoms with van der Waals surface area (Å²) in [6, 6.07) is 4.39. The highest BCUT2D eigenvalue weighted by Gasteiger charge is 2.17. The van der Waals surface area contributed by atoms with Gasteiger partial charge in [0.1, 0.15) is 5.82 Å². The number of hydrogen-bond donors (Lipinski definition) is 1. The summed E-state index contributed by atoms with van der Waals surface area (Å²) in [6.07, 6.45) is 5.71. The van der Waals surface area contributed by atoms with Crippen LogP contribution in [0.5, 0.6) is 0 Å². The Labute approximate surface area is 126 Å². The first-order valence-electron chi connectivity index (χ1n) is 7.79. The predicted octanol–water partition coefficient (Wildman–Crippen LogP) is 3.92. The molecule has 3 nitrogen and oxygen atoms in total. The molecule has 0 atom stereocenters. The fraction of sp³-hybridized carbons (Fsp3) is 0.444. The number of benzene rings is 1. The van der Waals surface area contributed by atoms with E-state index in [-0.39, 0.29) is 0 Å². The second-order valence-corrected chi connectivity index (χ2v) is 6.17. The van der Waals surface area contributed by atoms with Gasteiger partial charge >= 0.3 is 0 Å². The van der Waals surface area contributed by atoms with Gasteiger partial charge in [0.25, 0.3) is 0 Å². The summed E-state index contributed by atoms with van der Waals surface area (Å²) in [7, 11) is 0. The zero-order chi connectivity index (χ0) is 15.0. The minimum Gasteiger partial charge on any atom is -0.383 e. The van der Waals surface area contributed by atoms with Crippen LogP contribution in [0.1, 0.15) is 47.2 Å². The molecule has 0 bridgehead atoms. The van der Waals surface area contributed by atoms with E-state index in [1.165, 1.54) is 41.5 Å². The number of anilines is 1. The van der Waals surface area contributed by atoms with Gasteiger partial charge in [-0.05, 0) is 69.2 Å². The molecular weight excluding hydrogens is 258 g/mol. The smallest absolute Gasteiger partial charge is 0.162 e. The van der Waals surface area contributed by atoms with E-state index in [4.69, 9.17) is 10.7 Å². The monoisotopic (exact) mass is 281 g/mol. The highest BCUT2D eigenvalue weighted by molar-refractivity contribution is 5.64. The van der Waals surface area contributed by atoms with E-state index < -0.39 is 0 Å². The van der Waals surface area contributed by atoms with Crippen LogP contribution >= 0.6 is 0 Å². The summed E-state index contributed by atoms with van der Waals surface area (Å²) in [5.74, 6) is 1.46. The number of aromatic nitrogens is 2. The molecule has 0 fully saturated rings. The van der Waals surface area contributed by atoms with Crippen molar-refractivity contribution in [2.24, 2.45) is 0 Å². The van der Waals surface area contributed by atoms with E-state index >= 15 is 0 Å². The Morgan fingerprint density at radius 1 is 0.857 bits per heavy atom. The quantitative estimate of drug-likeness (QED) is 0.806. The van der Waals surface area contributed by atoms with Gasteiger partial charge in [0, 0.05) is 16.8 Å². The van der Waals surface area contributed by atoms with Crippen LogP contribution in [0.2, 0.25) is 0 Å². The van der Waals surface area contributed by atoms with Gasteiger partial charge in [0.05, 0.1) is 0 Å². The van der Waals surface area contributed by atoms with Crippen LogP contribution < -0.4 is 5.73 Å². The molecule has 3 heteroatoms. The predicted molar refractivity (Wildman–Crippen MR) is 87.4 cm³/mol. The molecule has 1 heterocycles. The van der Waals surface area contributed by atoms with E-state index in [1.807, 2.05) is 0 Å². The Hall–Kier alpha value is -1.90. The lowest BCUT2D eigenvalue weighted by molar-refractivity contribution is 0.709. The van der Waals surface area contributed by atoms with Crippen LogP contribution in [0.4, 0.5) is 5.82 Å². The molecule has 1 aromatic carbocycles. The van der Waals surface area contributed by atoms with Crippen LogP contribution in [0, 0.1) is 20.8 Å². The summed E-state index contributed by atoms with van der Waals surface area (Å²) in [4.78, 5) is 9.44. The van der Waals surface area contributed by atoms with Crippen molar-refractivity contribution in [3.8, 4) is 11.4 Å². The molecule has 0 amide bonds. The van der Waals surface area contributed by atoms with Crippen LogP contribution in [0.15, 0.2) is 12.1 Å². The van der Waals surface area contributed by atoms with Crippen LogP contribution in [-0.2, 0) is 12.8 Å². The first-order chi connectivity index (χ1) is 10.1. The number of nitrogens with zero attached hydrogens (tertiary/aromatic N) is 2. The lowest BCUT2D eigenvalue weighted by Crippen LogP contribution is -2.07. The average Bonchev–Trinajstić information content (AvgIpc) is 2.68. The van der Waals surface area contributed by atoms with Crippen molar-refractivity contribution in [2.75, 3.05) is 5.73 Å². The molecule has 0 aliphatic heterocycles. The number of fused-ring (bicyclic) bond motifs is 1. The second kappa shape index (κ2) is 5.47. The Kier molecular flexibility index (Phi) is 3.66. The molecule has 1 aliphatic rings. The molecular formula is C18H23N3. The maximum Gasteiger partial charge on any atom is 0.162 e. The standard InChI is InChI=1S/C18H23N3/c1-11-9-13(3)15(10-12(11)2)18-20-16-8-6-4-5-7-14(16)17(19)21-18/h9-10H,4-8H2,1-3H3,(H2,19,20,21). The van der Waals surface area contributed by atoms with Gasteiger partial charge in [-0.25, -0.2) is 9.97 Å². The lowest BCUT2D eigenvalue weighted by Gasteiger charge is -2.13. The first kappa shape index (κ1) is 14.1. The van der Waals surface area contributed by atoms with Crippen molar-refractivity contribution in [3.63, 3.8) is 0 Å². The van der Waals surface area contributed by atoms with Gasteiger partial charge in [0.2, 0.25) is 0 Å². The van der Waals surface area contributed by atoms with Gasteiger partial charge in [-0.3, -0.25) is 0 Å².